The molecule has 2 saturated carbocycles. The second kappa shape index (κ2) is 19.4. The van der Waals surface area contributed by atoms with Gasteiger partial charge in [-0.15, -0.1) is 0 Å². The summed E-state index contributed by atoms with van der Waals surface area (Å²) in [4.78, 5) is 28.4. The number of amides is 1. The SMILES string of the molecule is CN(CC=O)CCCOC(C)(C(F)(F)F)C(F)(F)F.COC1CC(CNC(=O)OCCOc2ccc3c(c2)CCC2C3CCC3(C)C2CCC3N(C)C)N(C)C1. The van der Waals surface area contributed by atoms with Crippen molar-refractivity contribution in [3.63, 3.8) is 0 Å². The van der Waals surface area contributed by atoms with Gasteiger partial charge in [-0.25, -0.2) is 4.79 Å². The van der Waals surface area contributed by atoms with Crippen LogP contribution in [-0.2, 0) is 25.4 Å². The molecule has 0 radical (unpaired) electrons. The van der Waals surface area contributed by atoms with Crippen LogP contribution in [-0.4, -0.2) is 145 Å². The normalized spacial score (nSPS) is 27.9. The van der Waals surface area contributed by atoms with E-state index in [1.165, 1.54) is 49.6 Å². The fourth-order valence-corrected chi connectivity index (χ4v) is 9.61. The number of ether oxygens (including phenoxy) is 4. The molecule has 1 heterocycles. The summed E-state index contributed by atoms with van der Waals surface area (Å²) >= 11 is 0. The number of hydrogen-bond donors (Lipinski definition) is 1. The van der Waals surface area contributed by atoms with Gasteiger partial charge in [0.2, 0.25) is 0 Å². The molecule has 1 saturated heterocycles. The minimum absolute atomic E-state index is 0.0395. The number of likely N-dealkylation sites (N-methyl/N-ethyl adjacent to an activating group) is 2. The van der Waals surface area contributed by atoms with Gasteiger partial charge in [-0.05, 0) is 133 Å². The Balaban J connectivity index is 0.000000312. The van der Waals surface area contributed by atoms with Crippen LogP contribution in [0.1, 0.15) is 75.8 Å². The molecule has 10 nitrogen and oxygen atoms in total. The molecule has 7 unspecified atom stereocenters. The Morgan fingerprint density at radius 1 is 1.04 bits per heavy atom. The van der Waals surface area contributed by atoms with Gasteiger partial charge in [0, 0.05) is 45.4 Å². The maximum Gasteiger partial charge on any atom is 0.426 e. The third kappa shape index (κ3) is 10.9. The lowest BCUT2D eigenvalue weighted by Gasteiger charge is -2.52. The van der Waals surface area contributed by atoms with E-state index in [-0.39, 0.29) is 51.3 Å². The van der Waals surface area contributed by atoms with Crippen LogP contribution in [0.25, 0.3) is 0 Å². The number of alkyl halides is 6. The number of carbonyl (C=O) groups excluding carboxylic acids is 2. The minimum atomic E-state index is -5.54. The van der Waals surface area contributed by atoms with Crippen LogP contribution in [0.5, 0.6) is 5.75 Å². The van der Waals surface area contributed by atoms with Crippen molar-refractivity contribution in [3.8, 4) is 5.75 Å². The molecule has 7 atom stereocenters. The molecule has 1 aromatic rings. The van der Waals surface area contributed by atoms with E-state index in [1.807, 2.05) is 0 Å². The fraction of sp³-hybridized carbons (Fsp3) is 0.800. The number of benzene rings is 1. The maximum absolute atomic E-state index is 12.4. The number of likely N-dealkylation sites (tertiary alicyclic amines) is 1. The highest BCUT2D eigenvalue weighted by molar-refractivity contribution is 5.67. The van der Waals surface area contributed by atoms with Crippen LogP contribution >= 0.6 is 0 Å². The largest absolute Gasteiger partial charge is 0.490 e. The molecule has 0 bridgehead atoms. The molecular weight excluding hydrogens is 746 g/mol. The molecule has 3 fully saturated rings. The third-order valence-corrected chi connectivity index (χ3v) is 12.9. The molecule has 5 rings (SSSR count). The first-order valence-corrected chi connectivity index (χ1v) is 19.7. The lowest BCUT2D eigenvalue weighted by atomic mass is 9.55. The Kier molecular flexibility index (Phi) is 15.9. The topological polar surface area (TPSA) is 92.8 Å². The van der Waals surface area contributed by atoms with Gasteiger partial charge in [-0.3, -0.25) is 9.80 Å². The van der Waals surface area contributed by atoms with Gasteiger partial charge in [0.15, 0.2) is 0 Å². The Hall–Kier alpha value is -2.66. The zero-order valence-electron chi connectivity index (χ0n) is 33.9. The predicted octanol–water partition coefficient (Wildman–Crippen LogP) is 6.70. The quantitative estimate of drug-likeness (QED) is 0.118. The number of nitrogens with one attached hydrogen (secondary N) is 1. The number of halogens is 6. The number of nitrogens with zero attached hydrogens (tertiary/aromatic N) is 3. The molecule has 56 heavy (non-hydrogen) atoms. The summed E-state index contributed by atoms with van der Waals surface area (Å²) in [5.74, 6) is 3.25. The molecule has 1 N–H and O–H groups in total. The molecule has 1 aliphatic heterocycles. The maximum atomic E-state index is 12.4. The number of methoxy groups -OCH3 is 1. The van der Waals surface area contributed by atoms with Crippen LogP contribution in [0, 0.1) is 17.3 Å². The zero-order valence-corrected chi connectivity index (χ0v) is 33.9. The van der Waals surface area contributed by atoms with Crippen molar-refractivity contribution in [2.75, 3.05) is 81.3 Å². The highest BCUT2D eigenvalue weighted by Crippen LogP contribution is 2.61. The summed E-state index contributed by atoms with van der Waals surface area (Å²) in [5, 5.41) is 2.88. The van der Waals surface area contributed by atoms with E-state index in [0.29, 0.717) is 30.8 Å². The molecule has 4 aliphatic rings. The summed E-state index contributed by atoms with van der Waals surface area (Å²) in [6, 6.07) is 7.69. The molecule has 0 spiro atoms. The lowest BCUT2D eigenvalue weighted by molar-refractivity contribution is -0.374. The Bertz CT molecular complexity index is 1420. The zero-order chi connectivity index (χ0) is 41.5. The van der Waals surface area contributed by atoms with E-state index in [4.69, 9.17) is 14.2 Å². The summed E-state index contributed by atoms with van der Waals surface area (Å²) in [7, 11) is 9.85. The molecule has 1 amide bonds. The summed E-state index contributed by atoms with van der Waals surface area (Å²) < 4.78 is 95.2. The van der Waals surface area contributed by atoms with Crippen LogP contribution < -0.4 is 10.1 Å². The summed E-state index contributed by atoms with van der Waals surface area (Å²) in [5.41, 5.74) is -0.694. The van der Waals surface area contributed by atoms with Gasteiger partial charge in [0.1, 0.15) is 25.2 Å². The van der Waals surface area contributed by atoms with Gasteiger partial charge in [-0.2, -0.15) is 26.3 Å². The summed E-state index contributed by atoms with van der Waals surface area (Å²) in [6.07, 6.45) is -1.96. The Morgan fingerprint density at radius 2 is 1.75 bits per heavy atom. The number of carbonyl (C=O) groups is 2. The van der Waals surface area contributed by atoms with E-state index in [9.17, 15) is 35.9 Å². The van der Waals surface area contributed by atoms with Gasteiger partial charge >= 0.3 is 18.4 Å². The smallest absolute Gasteiger partial charge is 0.426 e. The first-order chi connectivity index (χ1) is 26.3. The average Bonchev–Trinajstić information content (AvgIpc) is 3.68. The fourth-order valence-electron chi connectivity index (χ4n) is 9.61. The van der Waals surface area contributed by atoms with E-state index >= 15 is 0 Å². The van der Waals surface area contributed by atoms with E-state index in [2.05, 4.69) is 66.1 Å². The van der Waals surface area contributed by atoms with E-state index < -0.39 is 24.6 Å². The average molecular weight is 809 g/mol. The molecule has 16 heteroatoms. The number of aldehydes is 1. The van der Waals surface area contributed by atoms with Crippen molar-refractivity contribution in [3.05, 3.63) is 29.3 Å². The Labute approximate surface area is 327 Å². The highest BCUT2D eigenvalue weighted by atomic mass is 19.4. The molecule has 0 aromatic heterocycles. The number of rotatable bonds is 15. The van der Waals surface area contributed by atoms with Crippen LogP contribution in [0.2, 0.25) is 0 Å². The van der Waals surface area contributed by atoms with Crippen molar-refractivity contribution < 1.29 is 54.9 Å². The Morgan fingerprint density at radius 3 is 2.38 bits per heavy atom. The molecular formula is C40H62F6N4O6. The van der Waals surface area contributed by atoms with Gasteiger partial charge in [0.25, 0.3) is 5.60 Å². The number of hydrogen-bond acceptors (Lipinski definition) is 9. The van der Waals surface area contributed by atoms with Crippen LogP contribution in [0.15, 0.2) is 18.2 Å². The van der Waals surface area contributed by atoms with Gasteiger partial charge in [0.05, 0.1) is 12.6 Å². The molecule has 1 aromatic carbocycles. The second-order valence-electron chi connectivity index (χ2n) is 16.6. The number of fused-ring (bicyclic) bond motifs is 5. The van der Waals surface area contributed by atoms with Crippen molar-refractivity contribution >= 4 is 12.4 Å². The lowest BCUT2D eigenvalue weighted by Crippen LogP contribution is -2.56. The number of aryl methyl sites for hydroxylation is 1. The highest BCUT2D eigenvalue weighted by Gasteiger charge is 2.69. The second-order valence-corrected chi connectivity index (χ2v) is 16.6. The minimum Gasteiger partial charge on any atom is -0.490 e. The first-order valence-electron chi connectivity index (χ1n) is 19.7. The van der Waals surface area contributed by atoms with Crippen molar-refractivity contribution in [2.45, 2.75) is 107 Å². The number of alkyl carbamates (subject to hydrolysis) is 1. The monoisotopic (exact) mass is 808 g/mol. The predicted molar refractivity (Wildman–Crippen MR) is 200 cm³/mol. The van der Waals surface area contributed by atoms with Crippen LogP contribution in [0.3, 0.4) is 0 Å². The van der Waals surface area contributed by atoms with Crippen molar-refractivity contribution in [2.24, 2.45) is 17.3 Å². The van der Waals surface area contributed by atoms with Gasteiger partial charge < -0.3 is 34.0 Å². The standard InChI is InChI=1S/C30H47N3O4.C10H15F6NO2/c1-30-13-12-25-24-9-7-22(16-20(24)6-8-26(25)27(30)10-11-28(30)32(2)3)36-14-15-37-29(34)31-18-21-17-23(35-5)19-33(21)4;1-8(9(11,12)13,10(14,15)16)19-7-3-4-17(2)5-6-18/h7,9,16,21,23,25-28H,6,8,10-15,17-19H2,1-5H3,(H,31,34);6H,3-5,7H2,1-2H3. The van der Waals surface area contributed by atoms with Crippen molar-refractivity contribution in [1.82, 2.24) is 20.0 Å². The third-order valence-electron chi connectivity index (χ3n) is 12.9. The summed E-state index contributed by atoms with van der Waals surface area (Å²) in [6.45, 7) is 4.09. The van der Waals surface area contributed by atoms with E-state index in [1.54, 1.807) is 12.7 Å². The van der Waals surface area contributed by atoms with Gasteiger partial charge in [-0.1, -0.05) is 13.0 Å². The van der Waals surface area contributed by atoms with Crippen LogP contribution in [0.4, 0.5) is 31.1 Å². The first kappa shape index (κ1) is 46.0. The molecule has 320 valence electrons. The van der Waals surface area contributed by atoms with E-state index in [0.717, 1.165) is 43.0 Å². The van der Waals surface area contributed by atoms with Crippen molar-refractivity contribution in [1.29, 1.82) is 0 Å². The molecule has 3 aliphatic carbocycles.